The molecule has 0 radical (unpaired) electrons. The van der Waals surface area contributed by atoms with Crippen molar-refractivity contribution < 1.29 is 14.7 Å². The number of hydrogen-bond acceptors (Lipinski definition) is 3. The van der Waals surface area contributed by atoms with Gasteiger partial charge in [-0.15, -0.1) is 0 Å². The standard InChI is InChI=1S/C20H21ClN2O3/c21-17-8-5-16(6-9-17)20(26)23-13-11-22(12-14-23)19(25)10-7-15-3-1-2-4-18(15)24/h1-6,8-9,24H,7,10-14H2. The molecule has 1 heterocycles. The zero-order chi connectivity index (χ0) is 18.5. The summed E-state index contributed by atoms with van der Waals surface area (Å²) in [6.45, 7) is 2.09. The fourth-order valence-corrected chi connectivity index (χ4v) is 3.18. The Labute approximate surface area is 157 Å². The molecule has 1 aliphatic heterocycles. The molecule has 1 saturated heterocycles. The molecule has 2 amide bonds. The van der Waals surface area contributed by atoms with Crippen molar-refractivity contribution in [3.63, 3.8) is 0 Å². The lowest BCUT2D eigenvalue weighted by Crippen LogP contribution is -2.50. The first kappa shape index (κ1) is 18.3. The van der Waals surface area contributed by atoms with Gasteiger partial charge in [0.25, 0.3) is 5.91 Å². The summed E-state index contributed by atoms with van der Waals surface area (Å²) < 4.78 is 0. The van der Waals surface area contributed by atoms with Crippen LogP contribution in [0.25, 0.3) is 0 Å². The molecule has 2 aromatic rings. The first-order valence-corrected chi connectivity index (χ1v) is 9.02. The maximum Gasteiger partial charge on any atom is 0.253 e. The minimum Gasteiger partial charge on any atom is -0.508 e. The molecule has 0 bridgehead atoms. The number of nitrogens with zero attached hydrogens (tertiary/aromatic N) is 2. The molecule has 1 aliphatic rings. The fourth-order valence-electron chi connectivity index (χ4n) is 3.06. The first-order chi connectivity index (χ1) is 12.5. The molecule has 0 saturated carbocycles. The van der Waals surface area contributed by atoms with Gasteiger partial charge in [0, 0.05) is 43.2 Å². The van der Waals surface area contributed by atoms with E-state index in [1.54, 1.807) is 46.2 Å². The van der Waals surface area contributed by atoms with Crippen LogP contribution < -0.4 is 0 Å². The lowest BCUT2D eigenvalue weighted by atomic mass is 10.1. The number of hydrogen-bond donors (Lipinski definition) is 1. The number of phenols is 1. The Hall–Kier alpha value is -2.53. The second-order valence-corrected chi connectivity index (χ2v) is 6.75. The Kier molecular flexibility index (Phi) is 5.78. The SMILES string of the molecule is O=C(CCc1ccccc1O)N1CCN(C(=O)c2ccc(Cl)cc2)CC1. The van der Waals surface area contributed by atoms with Gasteiger partial charge in [0.15, 0.2) is 0 Å². The van der Waals surface area contributed by atoms with E-state index in [0.717, 1.165) is 5.56 Å². The number of rotatable bonds is 4. The largest absolute Gasteiger partial charge is 0.508 e. The first-order valence-electron chi connectivity index (χ1n) is 8.64. The summed E-state index contributed by atoms with van der Waals surface area (Å²) in [6, 6.07) is 13.9. The van der Waals surface area contributed by atoms with E-state index in [0.29, 0.717) is 49.6 Å². The lowest BCUT2D eigenvalue weighted by molar-refractivity contribution is -0.132. The Balaban J connectivity index is 1.50. The molecule has 1 N–H and O–H groups in total. The molecule has 1 fully saturated rings. The van der Waals surface area contributed by atoms with Gasteiger partial charge >= 0.3 is 0 Å². The van der Waals surface area contributed by atoms with Crippen LogP contribution >= 0.6 is 11.6 Å². The van der Waals surface area contributed by atoms with Crippen molar-refractivity contribution in [3.05, 3.63) is 64.7 Å². The highest BCUT2D eigenvalue weighted by Crippen LogP contribution is 2.18. The van der Waals surface area contributed by atoms with Crippen molar-refractivity contribution >= 4 is 23.4 Å². The van der Waals surface area contributed by atoms with E-state index < -0.39 is 0 Å². The fraction of sp³-hybridized carbons (Fsp3) is 0.300. The molecule has 0 spiro atoms. The van der Waals surface area contributed by atoms with Crippen molar-refractivity contribution in [2.24, 2.45) is 0 Å². The van der Waals surface area contributed by atoms with E-state index >= 15 is 0 Å². The van der Waals surface area contributed by atoms with Crippen LogP contribution in [0.5, 0.6) is 5.75 Å². The topological polar surface area (TPSA) is 60.9 Å². The number of aromatic hydroxyl groups is 1. The van der Waals surface area contributed by atoms with Gasteiger partial charge in [-0.25, -0.2) is 0 Å². The van der Waals surface area contributed by atoms with E-state index in [1.807, 2.05) is 12.1 Å². The van der Waals surface area contributed by atoms with E-state index in [2.05, 4.69) is 0 Å². The molecule has 0 unspecified atom stereocenters. The maximum absolute atomic E-state index is 12.5. The average molecular weight is 373 g/mol. The Morgan fingerprint density at radius 1 is 0.923 bits per heavy atom. The molecule has 26 heavy (non-hydrogen) atoms. The van der Waals surface area contributed by atoms with Crippen molar-refractivity contribution in [2.75, 3.05) is 26.2 Å². The van der Waals surface area contributed by atoms with Crippen LogP contribution in [-0.2, 0) is 11.2 Å². The number of phenolic OH excluding ortho intramolecular Hbond substituents is 1. The number of carbonyl (C=O) groups excluding carboxylic acids is 2. The number of carbonyl (C=O) groups is 2. The minimum absolute atomic E-state index is 0.0389. The quantitative estimate of drug-likeness (QED) is 0.897. The number of aryl methyl sites for hydroxylation is 1. The third-order valence-electron chi connectivity index (χ3n) is 4.61. The van der Waals surface area contributed by atoms with Crippen molar-refractivity contribution in [1.29, 1.82) is 0 Å². The summed E-state index contributed by atoms with van der Waals surface area (Å²) in [5.41, 5.74) is 1.38. The monoisotopic (exact) mass is 372 g/mol. The molecule has 0 atom stereocenters. The third kappa shape index (κ3) is 4.35. The van der Waals surface area contributed by atoms with Crippen LogP contribution in [0.2, 0.25) is 5.02 Å². The maximum atomic E-state index is 12.5. The van der Waals surface area contributed by atoms with E-state index in [1.165, 1.54) is 0 Å². The summed E-state index contributed by atoms with van der Waals surface area (Å²) >= 11 is 5.86. The second kappa shape index (κ2) is 8.23. The van der Waals surface area contributed by atoms with Gasteiger partial charge in [0.2, 0.25) is 5.91 Å². The van der Waals surface area contributed by atoms with Crippen LogP contribution in [0, 0.1) is 0 Å². The molecule has 136 valence electrons. The molecular formula is C20H21ClN2O3. The highest BCUT2D eigenvalue weighted by Gasteiger charge is 2.24. The molecule has 5 nitrogen and oxygen atoms in total. The van der Waals surface area contributed by atoms with Gasteiger partial charge in [0.05, 0.1) is 0 Å². The highest BCUT2D eigenvalue weighted by molar-refractivity contribution is 6.30. The summed E-state index contributed by atoms with van der Waals surface area (Å²) in [5, 5.41) is 10.4. The highest BCUT2D eigenvalue weighted by atomic mass is 35.5. The van der Waals surface area contributed by atoms with Gasteiger partial charge in [-0.2, -0.15) is 0 Å². The van der Waals surface area contributed by atoms with Gasteiger partial charge in [-0.1, -0.05) is 29.8 Å². The number of halogens is 1. The molecule has 0 aliphatic carbocycles. The van der Waals surface area contributed by atoms with Crippen LogP contribution in [0.3, 0.4) is 0 Å². The summed E-state index contributed by atoms with van der Waals surface area (Å²) in [7, 11) is 0. The van der Waals surface area contributed by atoms with E-state index in [-0.39, 0.29) is 17.6 Å². The minimum atomic E-state index is -0.0389. The van der Waals surface area contributed by atoms with Crippen LogP contribution in [0.4, 0.5) is 0 Å². The van der Waals surface area contributed by atoms with Crippen LogP contribution in [-0.4, -0.2) is 52.9 Å². The number of benzene rings is 2. The molecule has 0 aromatic heterocycles. The normalized spacial score (nSPS) is 14.3. The second-order valence-electron chi connectivity index (χ2n) is 6.31. The zero-order valence-electron chi connectivity index (χ0n) is 14.4. The zero-order valence-corrected chi connectivity index (χ0v) is 15.2. The van der Waals surface area contributed by atoms with Crippen LogP contribution in [0.1, 0.15) is 22.3 Å². The van der Waals surface area contributed by atoms with Gasteiger partial charge in [-0.05, 0) is 42.3 Å². The molecule has 6 heteroatoms. The van der Waals surface area contributed by atoms with Crippen molar-refractivity contribution in [2.45, 2.75) is 12.8 Å². The number of amides is 2. The van der Waals surface area contributed by atoms with Crippen LogP contribution in [0.15, 0.2) is 48.5 Å². The number of para-hydroxylation sites is 1. The summed E-state index contributed by atoms with van der Waals surface area (Å²) in [4.78, 5) is 28.4. The van der Waals surface area contributed by atoms with Crippen molar-refractivity contribution in [1.82, 2.24) is 9.80 Å². The van der Waals surface area contributed by atoms with Gasteiger partial charge in [-0.3, -0.25) is 9.59 Å². The predicted octanol–water partition coefficient (Wildman–Crippen LogP) is 2.96. The number of piperazine rings is 1. The Morgan fingerprint density at radius 3 is 2.19 bits per heavy atom. The van der Waals surface area contributed by atoms with Gasteiger partial charge < -0.3 is 14.9 Å². The predicted molar refractivity (Wildman–Crippen MR) is 100 cm³/mol. The van der Waals surface area contributed by atoms with Gasteiger partial charge in [0.1, 0.15) is 5.75 Å². The molecule has 3 rings (SSSR count). The summed E-state index contributed by atoms with van der Waals surface area (Å²) in [5.74, 6) is 0.230. The Bertz CT molecular complexity index is 784. The average Bonchev–Trinajstić information content (AvgIpc) is 2.67. The molecular weight excluding hydrogens is 352 g/mol. The summed E-state index contributed by atoms with van der Waals surface area (Å²) in [6.07, 6.45) is 0.859. The van der Waals surface area contributed by atoms with Crippen molar-refractivity contribution in [3.8, 4) is 5.75 Å². The Morgan fingerprint density at radius 2 is 1.54 bits per heavy atom. The molecule has 2 aromatic carbocycles. The third-order valence-corrected chi connectivity index (χ3v) is 4.86. The van der Waals surface area contributed by atoms with E-state index in [9.17, 15) is 14.7 Å². The van der Waals surface area contributed by atoms with E-state index in [4.69, 9.17) is 11.6 Å². The lowest BCUT2D eigenvalue weighted by Gasteiger charge is -2.35. The smallest absolute Gasteiger partial charge is 0.253 e.